The summed E-state index contributed by atoms with van der Waals surface area (Å²) in [6.45, 7) is 3.69. The first-order valence-corrected chi connectivity index (χ1v) is 11.9. The Morgan fingerprint density at radius 3 is 2.85 bits per heavy atom. The van der Waals surface area contributed by atoms with Gasteiger partial charge in [0.25, 0.3) is 0 Å². The van der Waals surface area contributed by atoms with E-state index < -0.39 is 0 Å². The number of aromatic nitrogens is 3. The van der Waals surface area contributed by atoms with Crippen molar-refractivity contribution in [3.05, 3.63) is 86.1 Å². The van der Waals surface area contributed by atoms with Crippen LogP contribution in [0.3, 0.4) is 0 Å². The molecule has 8 nitrogen and oxygen atoms in total. The van der Waals surface area contributed by atoms with Gasteiger partial charge in [-0.1, -0.05) is 41.7 Å². The number of nitrogens with zero attached hydrogens (tertiary/aromatic N) is 3. The van der Waals surface area contributed by atoms with Crippen molar-refractivity contribution in [2.24, 2.45) is 0 Å². The smallest absolute Gasteiger partial charge is 0.322 e. The predicted molar refractivity (Wildman–Crippen MR) is 129 cm³/mol. The third-order valence-corrected chi connectivity index (χ3v) is 6.64. The van der Waals surface area contributed by atoms with Gasteiger partial charge in [-0.05, 0) is 36.8 Å². The van der Waals surface area contributed by atoms with Crippen LogP contribution in [0.15, 0.2) is 59.4 Å². The largest absolute Gasteiger partial charge is 0.489 e. The number of benzene rings is 2. The maximum atomic E-state index is 13.0. The average Bonchev–Trinajstić information content (AvgIpc) is 3.29. The van der Waals surface area contributed by atoms with Gasteiger partial charge in [-0.15, -0.1) is 0 Å². The van der Waals surface area contributed by atoms with Gasteiger partial charge < -0.3 is 14.4 Å². The molecule has 0 spiro atoms. The fraction of sp³-hybridized carbons (Fsp3) is 0.280. The molecule has 5 rings (SSSR count). The first-order chi connectivity index (χ1) is 16.6. The zero-order chi connectivity index (χ0) is 23.5. The van der Waals surface area contributed by atoms with E-state index in [0.717, 1.165) is 44.8 Å². The van der Waals surface area contributed by atoms with Crippen LogP contribution in [0.25, 0.3) is 10.9 Å². The third-order valence-electron chi connectivity index (χ3n) is 5.79. The number of rotatable bonds is 6. The second kappa shape index (κ2) is 9.74. The van der Waals surface area contributed by atoms with E-state index in [1.54, 1.807) is 4.90 Å². The summed E-state index contributed by atoms with van der Waals surface area (Å²) >= 11 is 1.01. The van der Waals surface area contributed by atoms with Gasteiger partial charge in [0, 0.05) is 23.2 Å². The summed E-state index contributed by atoms with van der Waals surface area (Å²) in [5.41, 5.74) is 3.89. The molecule has 1 unspecified atom stereocenters. The minimum absolute atomic E-state index is 0.0247. The highest BCUT2D eigenvalue weighted by atomic mass is 32.1. The number of hydrogen-bond acceptors (Lipinski definition) is 7. The van der Waals surface area contributed by atoms with Crippen LogP contribution in [0.4, 0.5) is 0 Å². The van der Waals surface area contributed by atoms with Gasteiger partial charge in [-0.3, -0.25) is 14.6 Å². The minimum Gasteiger partial charge on any atom is -0.489 e. The average molecular weight is 477 g/mol. The zero-order valence-electron chi connectivity index (χ0n) is 18.7. The molecule has 2 aromatic carbocycles. The van der Waals surface area contributed by atoms with Crippen LogP contribution >= 0.6 is 11.3 Å². The fourth-order valence-electron chi connectivity index (χ4n) is 4.15. The molecule has 34 heavy (non-hydrogen) atoms. The summed E-state index contributed by atoms with van der Waals surface area (Å²) in [7, 11) is 0. The highest BCUT2D eigenvalue weighted by molar-refractivity contribution is 7.08. The molecular weight excluding hydrogens is 452 g/mol. The number of ether oxygens (including phenoxy) is 2. The molecule has 1 fully saturated rings. The first-order valence-electron chi connectivity index (χ1n) is 11.1. The molecule has 0 radical (unpaired) electrons. The Labute approximate surface area is 200 Å². The van der Waals surface area contributed by atoms with Gasteiger partial charge in [0.2, 0.25) is 5.91 Å². The van der Waals surface area contributed by atoms with Gasteiger partial charge >= 0.3 is 4.87 Å². The molecule has 1 aliphatic rings. The van der Waals surface area contributed by atoms with Crippen LogP contribution in [-0.2, 0) is 22.6 Å². The number of aryl methyl sites for hydroxylation is 1. The van der Waals surface area contributed by atoms with Crippen molar-refractivity contribution >= 4 is 28.1 Å². The van der Waals surface area contributed by atoms with Crippen LogP contribution in [0.5, 0.6) is 5.75 Å². The highest BCUT2D eigenvalue weighted by Crippen LogP contribution is 2.25. The number of hydrogen-bond donors (Lipinski definition) is 1. The van der Waals surface area contributed by atoms with Crippen molar-refractivity contribution in [3.8, 4) is 5.75 Å². The maximum absolute atomic E-state index is 13.0. The summed E-state index contributed by atoms with van der Waals surface area (Å²) in [6.07, 6.45) is 0.254. The molecule has 2 aromatic heterocycles. The van der Waals surface area contributed by atoms with Crippen molar-refractivity contribution in [1.29, 1.82) is 0 Å². The summed E-state index contributed by atoms with van der Waals surface area (Å²) in [6, 6.07) is 17.3. The minimum atomic E-state index is -0.341. The number of amides is 1. The van der Waals surface area contributed by atoms with Crippen LogP contribution < -0.4 is 9.61 Å². The van der Waals surface area contributed by atoms with Crippen molar-refractivity contribution in [2.75, 3.05) is 19.8 Å². The number of fused-ring (bicyclic) bond motifs is 1. The topological polar surface area (TPSA) is 97.4 Å². The molecule has 1 amide bonds. The second-order valence-electron chi connectivity index (χ2n) is 8.18. The van der Waals surface area contributed by atoms with E-state index in [-0.39, 0.29) is 23.2 Å². The summed E-state index contributed by atoms with van der Waals surface area (Å²) in [5, 5.41) is 8.12. The standard InChI is InChI=1S/C25H24N4O4S/c1-16-12-18(20-4-2-3-5-21(20)26-16)14-33-19-8-6-17(7-9-19)13-23(30)29-10-11-32-15-22(29)24-27-28-25(31)34-24/h2-9,12,22H,10-11,13-15H2,1H3,(H,28,31). The Kier molecular flexibility index (Phi) is 6.37. The Bertz CT molecular complexity index is 1370. The van der Waals surface area contributed by atoms with Crippen molar-refractivity contribution in [2.45, 2.75) is 26.0 Å². The number of pyridine rings is 1. The molecule has 1 saturated heterocycles. The van der Waals surface area contributed by atoms with E-state index in [9.17, 15) is 9.59 Å². The Morgan fingerprint density at radius 2 is 2.06 bits per heavy atom. The summed E-state index contributed by atoms with van der Waals surface area (Å²) in [5.74, 6) is 0.712. The SMILES string of the molecule is Cc1cc(COc2ccc(CC(=O)N3CCOCC3c3n[nH]c(=O)s3)cc2)c2ccccc2n1. The van der Waals surface area contributed by atoms with Gasteiger partial charge in [0.15, 0.2) is 0 Å². The quantitative estimate of drug-likeness (QED) is 0.458. The van der Waals surface area contributed by atoms with E-state index in [4.69, 9.17) is 9.47 Å². The Morgan fingerprint density at radius 1 is 1.24 bits per heavy atom. The number of aromatic amines is 1. The number of nitrogens with one attached hydrogen (secondary N) is 1. The summed E-state index contributed by atoms with van der Waals surface area (Å²) in [4.78, 5) is 30.6. The number of morpholine rings is 1. The number of carbonyl (C=O) groups is 1. The highest BCUT2D eigenvalue weighted by Gasteiger charge is 2.31. The van der Waals surface area contributed by atoms with Gasteiger partial charge in [-0.2, -0.15) is 5.10 Å². The molecule has 9 heteroatoms. The lowest BCUT2D eigenvalue weighted by atomic mass is 10.1. The monoisotopic (exact) mass is 476 g/mol. The molecule has 1 aliphatic heterocycles. The molecular formula is C25H24N4O4S. The summed E-state index contributed by atoms with van der Waals surface area (Å²) < 4.78 is 11.6. The van der Waals surface area contributed by atoms with Gasteiger partial charge in [0.05, 0.1) is 25.2 Å². The van der Waals surface area contributed by atoms with E-state index >= 15 is 0 Å². The van der Waals surface area contributed by atoms with E-state index in [1.165, 1.54) is 0 Å². The lowest BCUT2D eigenvalue weighted by molar-refractivity contribution is -0.139. The van der Waals surface area contributed by atoms with Crippen LogP contribution in [0.1, 0.15) is 27.9 Å². The Balaban J connectivity index is 1.24. The second-order valence-corrected chi connectivity index (χ2v) is 9.17. The zero-order valence-corrected chi connectivity index (χ0v) is 19.5. The van der Waals surface area contributed by atoms with Crippen LogP contribution in [0, 0.1) is 6.92 Å². The van der Waals surface area contributed by atoms with Crippen molar-refractivity contribution in [3.63, 3.8) is 0 Å². The fourth-order valence-corrected chi connectivity index (χ4v) is 4.85. The Hall–Kier alpha value is -3.56. The molecule has 0 bridgehead atoms. The normalized spacial score (nSPS) is 16.0. The number of H-pyrrole nitrogens is 1. The molecule has 0 aliphatic carbocycles. The number of carbonyl (C=O) groups excluding carboxylic acids is 1. The maximum Gasteiger partial charge on any atom is 0.322 e. The van der Waals surface area contributed by atoms with E-state index in [0.29, 0.717) is 31.4 Å². The lowest BCUT2D eigenvalue weighted by Crippen LogP contribution is -2.44. The lowest BCUT2D eigenvalue weighted by Gasteiger charge is -2.34. The van der Waals surface area contributed by atoms with Crippen LogP contribution in [0.2, 0.25) is 0 Å². The van der Waals surface area contributed by atoms with E-state index in [1.807, 2.05) is 55.5 Å². The molecule has 174 valence electrons. The number of para-hydroxylation sites is 1. The molecule has 4 aromatic rings. The first kappa shape index (κ1) is 22.2. The molecule has 3 heterocycles. The van der Waals surface area contributed by atoms with Crippen molar-refractivity contribution < 1.29 is 14.3 Å². The van der Waals surface area contributed by atoms with E-state index in [2.05, 4.69) is 21.2 Å². The van der Waals surface area contributed by atoms with Gasteiger partial charge in [0.1, 0.15) is 23.4 Å². The van der Waals surface area contributed by atoms with Crippen molar-refractivity contribution in [1.82, 2.24) is 20.1 Å². The van der Waals surface area contributed by atoms with Crippen LogP contribution in [-0.4, -0.2) is 45.7 Å². The molecule has 0 saturated carbocycles. The van der Waals surface area contributed by atoms with Gasteiger partial charge in [-0.25, -0.2) is 5.10 Å². The third kappa shape index (κ3) is 4.85. The molecule has 1 N–H and O–H groups in total. The molecule has 1 atom stereocenters. The predicted octanol–water partition coefficient (Wildman–Crippen LogP) is 3.41.